The Morgan fingerprint density at radius 3 is 2.60 bits per heavy atom. The number of aromatic nitrogens is 2. The first-order valence-corrected chi connectivity index (χ1v) is 6.88. The van der Waals surface area contributed by atoms with Crippen molar-refractivity contribution in [1.29, 1.82) is 0 Å². The highest BCUT2D eigenvalue weighted by atomic mass is 35.5. The fourth-order valence-corrected chi connectivity index (χ4v) is 2.22. The second-order valence-corrected chi connectivity index (χ2v) is 5.33. The van der Waals surface area contributed by atoms with Gasteiger partial charge in [-0.05, 0) is 25.8 Å². The minimum Gasteiger partial charge on any atom is -0.385 e. The average Bonchev–Trinajstić information content (AvgIpc) is 2.38. The number of anilines is 1. The van der Waals surface area contributed by atoms with Crippen LogP contribution in [0.15, 0.2) is 36.4 Å². The molecule has 2 aromatic rings. The predicted molar refractivity (Wildman–Crippen MR) is 80.9 cm³/mol. The fourth-order valence-electron chi connectivity index (χ4n) is 2.00. The molecule has 106 valence electrons. The van der Waals surface area contributed by atoms with Crippen LogP contribution < -0.4 is 5.32 Å². The highest BCUT2D eigenvalue weighted by Gasteiger charge is 2.22. The summed E-state index contributed by atoms with van der Waals surface area (Å²) in [6.45, 7) is 4.19. The van der Waals surface area contributed by atoms with Gasteiger partial charge in [0.1, 0.15) is 16.8 Å². The van der Waals surface area contributed by atoms with Crippen LogP contribution in [0.5, 0.6) is 0 Å². The van der Waals surface area contributed by atoms with Crippen LogP contribution >= 0.6 is 11.6 Å². The third kappa shape index (κ3) is 3.92. The van der Waals surface area contributed by atoms with E-state index < -0.39 is 5.60 Å². The van der Waals surface area contributed by atoms with E-state index in [1.54, 1.807) is 13.0 Å². The standard InChI is InChI=1S/C15H18ClN3O/c1-11-18-13(16)10-14(19-11)17-9-8-15(2,20)12-6-4-3-5-7-12/h3-7,10,20H,8-9H2,1-2H3,(H,17,18,19). The van der Waals surface area contributed by atoms with Crippen LogP contribution in [0.3, 0.4) is 0 Å². The maximum atomic E-state index is 10.5. The Morgan fingerprint density at radius 1 is 1.25 bits per heavy atom. The van der Waals surface area contributed by atoms with Crippen LogP contribution in [0.4, 0.5) is 5.82 Å². The lowest BCUT2D eigenvalue weighted by molar-refractivity contribution is 0.0515. The number of benzene rings is 1. The highest BCUT2D eigenvalue weighted by molar-refractivity contribution is 6.29. The third-order valence-corrected chi connectivity index (χ3v) is 3.31. The first-order valence-electron chi connectivity index (χ1n) is 6.50. The highest BCUT2D eigenvalue weighted by Crippen LogP contribution is 2.24. The van der Waals surface area contributed by atoms with Crippen molar-refractivity contribution in [3.8, 4) is 0 Å². The Labute approximate surface area is 123 Å². The van der Waals surface area contributed by atoms with E-state index in [1.165, 1.54) is 0 Å². The van der Waals surface area contributed by atoms with Crippen LogP contribution in [0, 0.1) is 6.92 Å². The van der Waals surface area contributed by atoms with Crippen LogP contribution in [-0.2, 0) is 5.60 Å². The van der Waals surface area contributed by atoms with Crippen molar-refractivity contribution in [1.82, 2.24) is 9.97 Å². The Bertz CT molecular complexity index is 552. The van der Waals surface area contributed by atoms with Gasteiger partial charge in [-0.2, -0.15) is 0 Å². The lowest BCUT2D eigenvalue weighted by Crippen LogP contribution is -2.24. The van der Waals surface area contributed by atoms with Crippen molar-refractivity contribution in [3.63, 3.8) is 0 Å². The van der Waals surface area contributed by atoms with Gasteiger partial charge in [-0.1, -0.05) is 41.9 Å². The molecule has 0 bridgehead atoms. The van der Waals surface area contributed by atoms with Gasteiger partial charge in [-0.25, -0.2) is 9.97 Å². The predicted octanol–water partition coefficient (Wildman–Crippen LogP) is 3.15. The zero-order valence-electron chi connectivity index (χ0n) is 11.6. The van der Waals surface area contributed by atoms with Crippen LogP contribution in [0.2, 0.25) is 5.15 Å². The lowest BCUT2D eigenvalue weighted by atomic mass is 9.93. The van der Waals surface area contributed by atoms with Crippen LogP contribution in [0.25, 0.3) is 0 Å². The molecule has 0 amide bonds. The molecule has 0 aliphatic rings. The molecule has 1 aromatic carbocycles. The first kappa shape index (κ1) is 14.8. The van der Waals surface area contributed by atoms with Crippen molar-refractivity contribution in [2.75, 3.05) is 11.9 Å². The smallest absolute Gasteiger partial charge is 0.134 e. The van der Waals surface area contributed by atoms with Crippen molar-refractivity contribution in [2.24, 2.45) is 0 Å². The third-order valence-electron chi connectivity index (χ3n) is 3.12. The van der Waals surface area contributed by atoms with E-state index in [4.69, 9.17) is 11.6 Å². The molecule has 5 heteroatoms. The molecule has 1 atom stereocenters. The summed E-state index contributed by atoms with van der Waals surface area (Å²) in [5, 5.41) is 14.0. The van der Waals surface area contributed by atoms with Gasteiger partial charge in [0.05, 0.1) is 5.60 Å². The summed E-state index contributed by atoms with van der Waals surface area (Å²) in [6, 6.07) is 11.3. The minimum atomic E-state index is -0.875. The van der Waals surface area contributed by atoms with Gasteiger partial charge in [0.25, 0.3) is 0 Å². The molecule has 0 aliphatic carbocycles. The Kier molecular flexibility index (Phi) is 4.57. The SMILES string of the molecule is Cc1nc(Cl)cc(NCCC(C)(O)c2ccccc2)n1. The van der Waals surface area contributed by atoms with E-state index in [1.807, 2.05) is 37.3 Å². The van der Waals surface area contributed by atoms with Gasteiger partial charge in [0, 0.05) is 12.6 Å². The number of hydrogen-bond acceptors (Lipinski definition) is 4. The topological polar surface area (TPSA) is 58.0 Å². The molecular weight excluding hydrogens is 274 g/mol. The zero-order chi connectivity index (χ0) is 14.6. The quantitative estimate of drug-likeness (QED) is 0.831. The number of aryl methyl sites for hydroxylation is 1. The van der Waals surface area contributed by atoms with E-state index in [0.717, 1.165) is 5.56 Å². The maximum absolute atomic E-state index is 10.5. The number of rotatable bonds is 5. The van der Waals surface area contributed by atoms with Crippen molar-refractivity contribution >= 4 is 17.4 Å². The van der Waals surface area contributed by atoms with E-state index in [9.17, 15) is 5.11 Å². The molecule has 0 saturated carbocycles. The van der Waals surface area contributed by atoms with Crippen molar-refractivity contribution in [2.45, 2.75) is 25.9 Å². The van der Waals surface area contributed by atoms with Crippen molar-refractivity contribution < 1.29 is 5.11 Å². The van der Waals surface area contributed by atoms with Gasteiger partial charge < -0.3 is 10.4 Å². The maximum Gasteiger partial charge on any atom is 0.134 e. The van der Waals surface area contributed by atoms with Gasteiger partial charge in [0.2, 0.25) is 0 Å². The normalized spacial score (nSPS) is 13.8. The van der Waals surface area contributed by atoms with Crippen LogP contribution in [0.1, 0.15) is 24.7 Å². The lowest BCUT2D eigenvalue weighted by Gasteiger charge is -2.24. The van der Waals surface area contributed by atoms with E-state index in [-0.39, 0.29) is 0 Å². The molecule has 2 N–H and O–H groups in total. The molecule has 0 spiro atoms. The second kappa shape index (κ2) is 6.20. The van der Waals surface area contributed by atoms with Gasteiger partial charge in [-0.3, -0.25) is 0 Å². The Balaban J connectivity index is 1.95. The molecule has 4 nitrogen and oxygen atoms in total. The summed E-state index contributed by atoms with van der Waals surface area (Å²) in [6.07, 6.45) is 0.567. The second-order valence-electron chi connectivity index (χ2n) is 4.94. The van der Waals surface area contributed by atoms with E-state index in [0.29, 0.717) is 29.8 Å². The zero-order valence-corrected chi connectivity index (χ0v) is 12.4. The Morgan fingerprint density at radius 2 is 1.95 bits per heavy atom. The summed E-state index contributed by atoms with van der Waals surface area (Å²) < 4.78 is 0. The molecule has 20 heavy (non-hydrogen) atoms. The molecular formula is C15H18ClN3O. The number of aliphatic hydroxyl groups is 1. The summed E-state index contributed by atoms with van der Waals surface area (Å²) in [7, 11) is 0. The van der Waals surface area contributed by atoms with E-state index in [2.05, 4.69) is 15.3 Å². The van der Waals surface area contributed by atoms with Gasteiger partial charge >= 0.3 is 0 Å². The minimum absolute atomic E-state index is 0.412. The molecule has 0 saturated heterocycles. The van der Waals surface area contributed by atoms with Crippen LogP contribution in [-0.4, -0.2) is 21.6 Å². The largest absolute Gasteiger partial charge is 0.385 e. The number of halogens is 1. The summed E-state index contributed by atoms with van der Waals surface area (Å²) >= 11 is 5.87. The van der Waals surface area contributed by atoms with Gasteiger partial charge in [0.15, 0.2) is 0 Å². The summed E-state index contributed by atoms with van der Waals surface area (Å²) in [5.41, 5.74) is 0.0267. The van der Waals surface area contributed by atoms with E-state index >= 15 is 0 Å². The first-order chi connectivity index (χ1) is 9.47. The molecule has 2 rings (SSSR count). The monoisotopic (exact) mass is 291 g/mol. The number of hydrogen-bond donors (Lipinski definition) is 2. The summed E-state index contributed by atoms with van der Waals surface area (Å²) in [4.78, 5) is 8.24. The fraction of sp³-hybridized carbons (Fsp3) is 0.333. The molecule has 0 radical (unpaired) electrons. The molecule has 0 fully saturated rings. The number of nitrogens with zero attached hydrogens (tertiary/aromatic N) is 2. The molecule has 0 aliphatic heterocycles. The number of nitrogens with one attached hydrogen (secondary N) is 1. The molecule has 1 aromatic heterocycles. The summed E-state index contributed by atoms with van der Waals surface area (Å²) in [5.74, 6) is 1.29. The average molecular weight is 292 g/mol. The Hall–Kier alpha value is -1.65. The molecule has 1 unspecified atom stereocenters. The van der Waals surface area contributed by atoms with Crippen molar-refractivity contribution in [3.05, 3.63) is 52.9 Å². The molecule has 1 heterocycles. The van der Waals surface area contributed by atoms with Gasteiger partial charge in [-0.15, -0.1) is 0 Å².